The van der Waals surface area contributed by atoms with Gasteiger partial charge in [0.2, 0.25) is 5.91 Å². The molecule has 4 N–H and O–H groups in total. The molecule has 0 saturated carbocycles. The van der Waals surface area contributed by atoms with Gasteiger partial charge in [-0.3, -0.25) is 4.79 Å². The van der Waals surface area contributed by atoms with E-state index in [1.807, 2.05) is 20.8 Å². The van der Waals surface area contributed by atoms with Crippen molar-refractivity contribution in [3.63, 3.8) is 0 Å². The highest BCUT2D eigenvalue weighted by Gasteiger charge is 2.29. The third-order valence-electron chi connectivity index (χ3n) is 2.77. The Morgan fingerprint density at radius 1 is 1.41 bits per heavy atom. The minimum absolute atomic E-state index is 0.191. The van der Waals surface area contributed by atoms with Crippen molar-refractivity contribution in [2.45, 2.75) is 65.0 Å². The van der Waals surface area contributed by atoms with Gasteiger partial charge in [0.05, 0.1) is 11.1 Å². The molecule has 0 aromatic rings. The maximum atomic E-state index is 11.8. The van der Waals surface area contributed by atoms with Crippen molar-refractivity contribution in [3.05, 3.63) is 0 Å². The molecule has 0 saturated heterocycles. The van der Waals surface area contributed by atoms with E-state index >= 15 is 0 Å². The lowest BCUT2D eigenvalue weighted by molar-refractivity contribution is -0.127. The Labute approximate surface area is 105 Å². The summed E-state index contributed by atoms with van der Waals surface area (Å²) in [5.41, 5.74) is 4.19. The van der Waals surface area contributed by atoms with Crippen LogP contribution in [0.1, 0.15) is 53.9 Å². The van der Waals surface area contributed by atoms with Crippen LogP contribution >= 0.6 is 0 Å². The van der Waals surface area contributed by atoms with E-state index in [2.05, 4.69) is 5.32 Å². The fraction of sp³-hybridized carbons (Fsp3) is 0.923. The van der Waals surface area contributed by atoms with Gasteiger partial charge in [0, 0.05) is 6.54 Å². The molecule has 0 rings (SSSR count). The number of hydrogen-bond donors (Lipinski definition) is 3. The van der Waals surface area contributed by atoms with Gasteiger partial charge in [0.25, 0.3) is 0 Å². The Hall–Kier alpha value is -0.610. The number of rotatable bonds is 7. The summed E-state index contributed by atoms with van der Waals surface area (Å²) >= 11 is 0. The molecular formula is C13H28N2O2. The van der Waals surface area contributed by atoms with Crippen LogP contribution in [0.15, 0.2) is 0 Å². The number of amides is 1. The molecule has 0 aromatic carbocycles. The van der Waals surface area contributed by atoms with Crippen molar-refractivity contribution in [2.24, 2.45) is 11.7 Å². The van der Waals surface area contributed by atoms with Crippen LogP contribution in [-0.4, -0.2) is 28.7 Å². The maximum absolute atomic E-state index is 11.8. The first kappa shape index (κ1) is 16.4. The van der Waals surface area contributed by atoms with Crippen molar-refractivity contribution in [3.8, 4) is 0 Å². The lowest BCUT2D eigenvalue weighted by Gasteiger charge is -2.29. The standard InChI is InChI=1S/C13H28N2O2/c1-6-7-13(5,14)11(16)15-9-12(4,17)8-10(2)3/h10,17H,6-9,14H2,1-5H3,(H,15,16). The first-order valence-corrected chi connectivity index (χ1v) is 6.40. The second-order valence-electron chi connectivity index (χ2n) is 5.95. The monoisotopic (exact) mass is 244 g/mol. The third kappa shape index (κ3) is 6.64. The van der Waals surface area contributed by atoms with E-state index in [-0.39, 0.29) is 12.5 Å². The summed E-state index contributed by atoms with van der Waals surface area (Å²) in [6.07, 6.45) is 2.16. The van der Waals surface area contributed by atoms with Crippen LogP contribution in [0.5, 0.6) is 0 Å². The van der Waals surface area contributed by atoms with Crippen LogP contribution in [0.3, 0.4) is 0 Å². The van der Waals surface area contributed by atoms with Gasteiger partial charge in [0.15, 0.2) is 0 Å². The molecule has 0 aliphatic carbocycles. The molecule has 0 fully saturated rings. The van der Waals surface area contributed by atoms with Crippen molar-refractivity contribution < 1.29 is 9.90 Å². The summed E-state index contributed by atoms with van der Waals surface area (Å²) in [6, 6.07) is 0. The van der Waals surface area contributed by atoms with Crippen molar-refractivity contribution in [1.29, 1.82) is 0 Å². The van der Waals surface area contributed by atoms with Crippen LogP contribution in [-0.2, 0) is 4.79 Å². The quantitative estimate of drug-likeness (QED) is 0.634. The van der Waals surface area contributed by atoms with Crippen LogP contribution in [0, 0.1) is 5.92 Å². The van der Waals surface area contributed by atoms with Crippen LogP contribution < -0.4 is 11.1 Å². The zero-order valence-corrected chi connectivity index (χ0v) is 11.8. The molecule has 0 radical (unpaired) electrons. The smallest absolute Gasteiger partial charge is 0.239 e. The average Bonchev–Trinajstić information content (AvgIpc) is 2.12. The molecule has 102 valence electrons. The van der Waals surface area contributed by atoms with E-state index in [0.717, 1.165) is 6.42 Å². The molecule has 0 aliphatic rings. The van der Waals surface area contributed by atoms with E-state index in [0.29, 0.717) is 18.8 Å². The van der Waals surface area contributed by atoms with Gasteiger partial charge >= 0.3 is 0 Å². The van der Waals surface area contributed by atoms with E-state index < -0.39 is 11.1 Å². The minimum Gasteiger partial charge on any atom is -0.388 e. The number of nitrogens with two attached hydrogens (primary N) is 1. The summed E-state index contributed by atoms with van der Waals surface area (Å²) < 4.78 is 0. The molecule has 0 bridgehead atoms. The summed E-state index contributed by atoms with van der Waals surface area (Å²) in [7, 11) is 0. The lowest BCUT2D eigenvalue weighted by atomic mass is 9.93. The van der Waals surface area contributed by atoms with Gasteiger partial charge in [-0.25, -0.2) is 0 Å². The minimum atomic E-state index is -0.869. The summed E-state index contributed by atoms with van der Waals surface area (Å²) in [6.45, 7) is 9.79. The maximum Gasteiger partial charge on any atom is 0.239 e. The fourth-order valence-electron chi connectivity index (χ4n) is 2.06. The number of hydrogen-bond acceptors (Lipinski definition) is 3. The van der Waals surface area contributed by atoms with Gasteiger partial charge in [-0.15, -0.1) is 0 Å². The SMILES string of the molecule is CCCC(C)(N)C(=O)NCC(C)(O)CC(C)C. The van der Waals surface area contributed by atoms with Gasteiger partial charge in [-0.1, -0.05) is 27.2 Å². The van der Waals surface area contributed by atoms with E-state index in [9.17, 15) is 9.90 Å². The normalized spacial score (nSPS) is 18.6. The first-order valence-electron chi connectivity index (χ1n) is 6.40. The Morgan fingerprint density at radius 2 is 1.94 bits per heavy atom. The molecule has 17 heavy (non-hydrogen) atoms. The molecule has 2 unspecified atom stereocenters. The Balaban J connectivity index is 4.23. The summed E-state index contributed by atoms with van der Waals surface area (Å²) in [5.74, 6) is 0.199. The second-order valence-corrected chi connectivity index (χ2v) is 5.95. The highest BCUT2D eigenvalue weighted by molar-refractivity contribution is 5.85. The van der Waals surface area contributed by atoms with E-state index in [1.165, 1.54) is 0 Å². The molecular weight excluding hydrogens is 216 g/mol. The Bertz CT molecular complexity index is 248. The topological polar surface area (TPSA) is 75.4 Å². The van der Waals surface area contributed by atoms with Crippen molar-refractivity contribution >= 4 is 5.91 Å². The van der Waals surface area contributed by atoms with Gasteiger partial charge < -0.3 is 16.2 Å². The molecule has 2 atom stereocenters. The molecule has 0 aromatic heterocycles. The zero-order chi connectivity index (χ0) is 13.7. The Kier molecular flexibility index (Phi) is 6.13. The number of nitrogens with one attached hydrogen (secondary N) is 1. The number of carbonyl (C=O) groups is 1. The van der Waals surface area contributed by atoms with Crippen LogP contribution in [0.2, 0.25) is 0 Å². The summed E-state index contributed by atoms with van der Waals surface area (Å²) in [4.78, 5) is 11.8. The van der Waals surface area contributed by atoms with E-state index in [4.69, 9.17) is 5.73 Å². The molecule has 1 amide bonds. The largest absolute Gasteiger partial charge is 0.388 e. The highest BCUT2D eigenvalue weighted by atomic mass is 16.3. The Morgan fingerprint density at radius 3 is 2.35 bits per heavy atom. The summed E-state index contributed by atoms with van der Waals surface area (Å²) in [5, 5.41) is 12.8. The molecule has 0 heterocycles. The fourth-order valence-corrected chi connectivity index (χ4v) is 2.06. The van der Waals surface area contributed by atoms with Crippen LogP contribution in [0.25, 0.3) is 0 Å². The zero-order valence-electron chi connectivity index (χ0n) is 11.8. The third-order valence-corrected chi connectivity index (χ3v) is 2.77. The number of carbonyl (C=O) groups excluding carboxylic acids is 1. The number of aliphatic hydroxyl groups is 1. The lowest BCUT2D eigenvalue weighted by Crippen LogP contribution is -2.54. The van der Waals surface area contributed by atoms with E-state index in [1.54, 1.807) is 13.8 Å². The first-order chi connectivity index (χ1) is 7.60. The molecule has 4 nitrogen and oxygen atoms in total. The van der Waals surface area contributed by atoms with Gasteiger partial charge in [0.1, 0.15) is 0 Å². The van der Waals surface area contributed by atoms with Gasteiger partial charge in [-0.2, -0.15) is 0 Å². The average molecular weight is 244 g/mol. The molecule has 4 heteroatoms. The predicted molar refractivity (Wildman–Crippen MR) is 70.6 cm³/mol. The highest BCUT2D eigenvalue weighted by Crippen LogP contribution is 2.16. The predicted octanol–water partition coefficient (Wildman–Crippen LogP) is 1.42. The van der Waals surface area contributed by atoms with Crippen molar-refractivity contribution in [1.82, 2.24) is 5.32 Å². The molecule has 0 aliphatic heterocycles. The van der Waals surface area contributed by atoms with Crippen molar-refractivity contribution in [2.75, 3.05) is 6.54 Å². The molecule has 0 spiro atoms. The van der Waals surface area contributed by atoms with Gasteiger partial charge in [-0.05, 0) is 32.6 Å². The second kappa shape index (κ2) is 6.36. The van der Waals surface area contributed by atoms with Crippen LogP contribution in [0.4, 0.5) is 0 Å².